The average Bonchev–Trinajstić information content (AvgIpc) is 3.23. The number of aromatic nitrogens is 3. The van der Waals surface area contributed by atoms with Gasteiger partial charge in [-0.05, 0) is 24.6 Å². The molecule has 0 aliphatic carbocycles. The molecule has 0 aliphatic rings. The van der Waals surface area contributed by atoms with Crippen molar-refractivity contribution in [1.82, 2.24) is 19.9 Å². The predicted octanol–water partition coefficient (Wildman–Crippen LogP) is 4.53. The Morgan fingerprint density at radius 2 is 2.07 bits per heavy atom. The number of fused-ring (bicyclic) bond motifs is 1. The molecule has 0 aliphatic heterocycles. The van der Waals surface area contributed by atoms with E-state index in [1.54, 1.807) is 4.52 Å². The lowest BCUT2D eigenvalue weighted by molar-refractivity contribution is 0.0950. The van der Waals surface area contributed by atoms with Crippen molar-refractivity contribution in [2.75, 3.05) is 6.54 Å². The molecule has 2 aromatic carbocycles. The molecule has 4 rings (SSSR count). The van der Waals surface area contributed by atoms with Gasteiger partial charge in [0.05, 0.1) is 16.3 Å². The largest absolute Gasteiger partial charge is 0.352 e. The van der Waals surface area contributed by atoms with E-state index in [4.69, 9.17) is 11.6 Å². The SMILES string of the molecule is Cc1ccccc1-c1nc2scc(CCNC(=O)c3c(F)cccc3Cl)n2n1. The van der Waals surface area contributed by atoms with Gasteiger partial charge in [0.15, 0.2) is 5.82 Å². The number of amides is 1. The number of nitrogens with one attached hydrogen (secondary N) is 1. The summed E-state index contributed by atoms with van der Waals surface area (Å²) >= 11 is 7.42. The predicted molar refractivity (Wildman–Crippen MR) is 108 cm³/mol. The molecule has 2 heterocycles. The highest BCUT2D eigenvalue weighted by molar-refractivity contribution is 7.15. The molecule has 0 saturated heterocycles. The number of rotatable bonds is 5. The van der Waals surface area contributed by atoms with E-state index in [0.717, 1.165) is 21.8 Å². The van der Waals surface area contributed by atoms with Crippen molar-refractivity contribution in [3.63, 3.8) is 0 Å². The van der Waals surface area contributed by atoms with Crippen molar-refractivity contribution in [3.05, 3.63) is 75.5 Å². The van der Waals surface area contributed by atoms with E-state index in [1.165, 1.54) is 29.5 Å². The van der Waals surface area contributed by atoms with Gasteiger partial charge in [0.25, 0.3) is 5.91 Å². The van der Waals surface area contributed by atoms with Gasteiger partial charge >= 0.3 is 0 Å². The van der Waals surface area contributed by atoms with Crippen LogP contribution in [0.1, 0.15) is 21.6 Å². The van der Waals surface area contributed by atoms with Gasteiger partial charge in [0, 0.05) is 23.9 Å². The quantitative estimate of drug-likeness (QED) is 0.522. The number of benzene rings is 2. The van der Waals surface area contributed by atoms with Gasteiger partial charge in [0.2, 0.25) is 4.96 Å². The summed E-state index contributed by atoms with van der Waals surface area (Å²) in [5.74, 6) is -0.496. The highest BCUT2D eigenvalue weighted by Crippen LogP contribution is 2.23. The van der Waals surface area contributed by atoms with Crippen LogP contribution in [0.2, 0.25) is 5.02 Å². The third kappa shape index (κ3) is 3.50. The summed E-state index contributed by atoms with van der Waals surface area (Å²) in [6.07, 6.45) is 0.536. The smallest absolute Gasteiger partial charge is 0.255 e. The molecule has 0 saturated carbocycles. The molecular weight excluding hydrogens is 399 g/mol. The Morgan fingerprint density at radius 3 is 2.86 bits per heavy atom. The molecule has 0 spiro atoms. The zero-order valence-electron chi connectivity index (χ0n) is 14.9. The number of thiazole rings is 1. The molecule has 28 heavy (non-hydrogen) atoms. The minimum Gasteiger partial charge on any atom is -0.352 e. The topological polar surface area (TPSA) is 59.3 Å². The average molecular weight is 415 g/mol. The van der Waals surface area contributed by atoms with E-state index >= 15 is 0 Å². The molecule has 142 valence electrons. The molecular formula is C20H16ClFN4OS. The number of nitrogens with zero attached hydrogens (tertiary/aromatic N) is 3. The second kappa shape index (κ2) is 7.69. The van der Waals surface area contributed by atoms with Crippen molar-refractivity contribution in [3.8, 4) is 11.4 Å². The maximum atomic E-state index is 13.8. The molecule has 4 aromatic rings. The molecule has 0 bridgehead atoms. The van der Waals surface area contributed by atoms with E-state index in [-0.39, 0.29) is 10.6 Å². The summed E-state index contributed by atoms with van der Waals surface area (Å²) in [5.41, 5.74) is 2.89. The monoisotopic (exact) mass is 414 g/mol. The molecule has 8 heteroatoms. The first-order valence-electron chi connectivity index (χ1n) is 8.66. The first-order valence-corrected chi connectivity index (χ1v) is 9.91. The van der Waals surface area contributed by atoms with Crippen molar-refractivity contribution >= 4 is 33.8 Å². The molecule has 0 atom stereocenters. The maximum Gasteiger partial charge on any atom is 0.255 e. The standard InChI is InChI=1S/C20H16ClFN4OS/c1-12-5-2-3-6-14(12)18-24-20-26(25-18)13(11-28-20)9-10-23-19(27)17-15(21)7-4-8-16(17)22/h2-8,11H,9-10H2,1H3,(H,23,27). The highest BCUT2D eigenvalue weighted by Gasteiger charge is 2.16. The van der Waals surface area contributed by atoms with Crippen molar-refractivity contribution in [1.29, 1.82) is 0 Å². The maximum absolute atomic E-state index is 13.8. The summed E-state index contributed by atoms with van der Waals surface area (Å²) in [5, 5.41) is 9.37. The van der Waals surface area contributed by atoms with Crippen molar-refractivity contribution in [2.45, 2.75) is 13.3 Å². The van der Waals surface area contributed by atoms with Crippen LogP contribution in [0, 0.1) is 12.7 Å². The number of carbonyl (C=O) groups is 1. The first-order chi connectivity index (χ1) is 13.5. The summed E-state index contributed by atoms with van der Waals surface area (Å²) < 4.78 is 15.6. The Labute approximate surface area is 169 Å². The summed E-state index contributed by atoms with van der Waals surface area (Å²) in [4.78, 5) is 17.6. The fourth-order valence-electron chi connectivity index (χ4n) is 2.94. The van der Waals surface area contributed by atoms with Gasteiger partial charge in [-0.15, -0.1) is 16.4 Å². The van der Waals surface area contributed by atoms with E-state index < -0.39 is 11.7 Å². The Kier molecular flexibility index (Phi) is 5.11. The van der Waals surface area contributed by atoms with Crippen molar-refractivity contribution in [2.24, 2.45) is 0 Å². The van der Waals surface area contributed by atoms with Gasteiger partial charge in [0.1, 0.15) is 5.82 Å². The van der Waals surface area contributed by atoms with E-state index in [2.05, 4.69) is 15.4 Å². The summed E-state index contributed by atoms with van der Waals surface area (Å²) in [6, 6.07) is 12.1. The lowest BCUT2D eigenvalue weighted by atomic mass is 10.1. The van der Waals surface area contributed by atoms with Gasteiger partial charge in [-0.3, -0.25) is 4.79 Å². The van der Waals surface area contributed by atoms with Crippen molar-refractivity contribution < 1.29 is 9.18 Å². The summed E-state index contributed by atoms with van der Waals surface area (Å²) in [6.45, 7) is 2.35. The van der Waals surface area contributed by atoms with Crippen LogP contribution < -0.4 is 5.32 Å². The van der Waals surface area contributed by atoms with Crippen LogP contribution in [0.4, 0.5) is 4.39 Å². The molecule has 0 fully saturated rings. The number of carbonyl (C=O) groups excluding carboxylic acids is 1. The van der Waals surface area contributed by atoms with Crippen LogP contribution in [0.15, 0.2) is 47.8 Å². The Morgan fingerprint density at radius 1 is 1.25 bits per heavy atom. The van der Waals surface area contributed by atoms with E-state index in [0.29, 0.717) is 18.8 Å². The van der Waals surface area contributed by atoms with Crippen LogP contribution in [0.25, 0.3) is 16.3 Å². The van der Waals surface area contributed by atoms with Gasteiger partial charge in [-0.2, -0.15) is 4.98 Å². The minimum atomic E-state index is -0.637. The molecule has 5 nitrogen and oxygen atoms in total. The van der Waals surface area contributed by atoms with Crippen LogP contribution in [0.5, 0.6) is 0 Å². The second-order valence-electron chi connectivity index (χ2n) is 6.27. The lowest BCUT2D eigenvalue weighted by Crippen LogP contribution is -2.27. The first kappa shape index (κ1) is 18.6. The zero-order valence-corrected chi connectivity index (χ0v) is 16.5. The fraction of sp³-hybridized carbons (Fsp3) is 0.150. The molecule has 1 N–H and O–H groups in total. The Hall–Kier alpha value is -2.77. The van der Waals surface area contributed by atoms with E-state index in [1.807, 2.05) is 36.6 Å². The minimum absolute atomic E-state index is 0.0922. The number of halogens is 2. The normalized spacial score (nSPS) is 11.1. The van der Waals surface area contributed by atoms with Crippen LogP contribution >= 0.6 is 22.9 Å². The third-order valence-electron chi connectivity index (χ3n) is 4.39. The van der Waals surface area contributed by atoms with Gasteiger partial charge in [-0.1, -0.05) is 41.9 Å². The fourth-order valence-corrected chi connectivity index (χ4v) is 4.05. The third-order valence-corrected chi connectivity index (χ3v) is 5.57. The Bertz CT molecular complexity index is 1150. The molecule has 1 amide bonds. The Balaban J connectivity index is 1.48. The molecule has 0 radical (unpaired) electrons. The van der Waals surface area contributed by atoms with Gasteiger partial charge in [-0.25, -0.2) is 8.91 Å². The van der Waals surface area contributed by atoms with E-state index in [9.17, 15) is 9.18 Å². The van der Waals surface area contributed by atoms with Gasteiger partial charge < -0.3 is 5.32 Å². The van der Waals surface area contributed by atoms with Crippen LogP contribution in [0.3, 0.4) is 0 Å². The number of hydrogen-bond acceptors (Lipinski definition) is 4. The molecule has 2 aromatic heterocycles. The number of hydrogen-bond donors (Lipinski definition) is 1. The second-order valence-corrected chi connectivity index (χ2v) is 7.52. The number of aryl methyl sites for hydroxylation is 1. The van der Waals surface area contributed by atoms with Crippen LogP contribution in [-0.4, -0.2) is 27.0 Å². The molecule has 0 unspecified atom stereocenters. The van der Waals surface area contributed by atoms with Crippen LogP contribution in [-0.2, 0) is 6.42 Å². The summed E-state index contributed by atoms with van der Waals surface area (Å²) in [7, 11) is 0. The zero-order chi connectivity index (χ0) is 19.7. The highest BCUT2D eigenvalue weighted by atomic mass is 35.5. The lowest BCUT2D eigenvalue weighted by Gasteiger charge is -2.07.